The summed E-state index contributed by atoms with van der Waals surface area (Å²) in [6, 6.07) is 8.65. The second kappa shape index (κ2) is 7.44. The van der Waals surface area contributed by atoms with Gasteiger partial charge in [0, 0.05) is 19.2 Å². The quantitative estimate of drug-likeness (QED) is 0.818. The first kappa shape index (κ1) is 17.9. The molecular formula is C15H17ClN2O3S2. The molecule has 1 heterocycles. The Labute approximate surface area is 144 Å². The molecule has 1 aromatic heterocycles. The Balaban J connectivity index is 2.00. The number of benzene rings is 1. The summed E-state index contributed by atoms with van der Waals surface area (Å²) in [6.45, 7) is 2.01. The number of rotatable bonds is 6. The minimum absolute atomic E-state index is 0.170. The lowest BCUT2D eigenvalue weighted by molar-refractivity contribution is 0.0963. The third kappa shape index (κ3) is 4.54. The number of nitrogens with one attached hydrogen (secondary N) is 2. The number of carbonyl (C=O) groups is 1. The van der Waals surface area contributed by atoms with Gasteiger partial charge in [0.2, 0.25) is 10.0 Å². The molecule has 124 valence electrons. The van der Waals surface area contributed by atoms with Crippen molar-refractivity contribution in [3.63, 3.8) is 0 Å². The normalized spacial score (nSPS) is 11.4. The van der Waals surface area contributed by atoms with Crippen LogP contribution in [-0.2, 0) is 16.4 Å². The highest BCUT2D eigenvalue weighted by Gasteiger charge is 2.17. The standard InChI is InChI=1S/C15H17ClN2O3S2/c1-10-8-13(22-14(10)16)23(20,21)18-7-6-11-4-3-5-12(9-11)15(19)17-2/h3-5,8-9,18H,6-7H2,1-2H3,(H,17,19). The molecule has 23 heavy (non-hydrogen) atoms. The molecule has 2 N–H and O–H groups in total. The maximum Gasteiger partial charge on any atom is 0.251 e. The molecule has 0 aliphatic rings. The van der Waals surface area contributed by atoms with Gasteiger partial charge in [0.15, 0.2) is 0 Å². The summed E-state index contributed by atoms with van der Waals surface area (Å²) >= 11 is 6.95. The van der Waals surface area contributed by atoms with Crippen LogP contribution in [0.3, 0.4) is 0 Å². The highest BCUT2D eigenvalue weighted by Crippen LogP contribution is 2.29. The van der Waals surface area contributed by atoms with Crippen molar-refractivity contribution in [2.45, 2.75) is 17.6 Å². The SMILES string of the molecule is CNC(=O)c1cccc(CCNS(=O)(=O)c2cc(C)c(Cl)s2)c1. The molecule has 2 rings (SSSR count). The van der Waals surface area contributed by atoms with Crippen molar-refractivity contribution in [3.05, 3.63) is 51.4 Å². The van der Waals surface area contributed by atoms with E-state index in [9.17, 15) is 13.2 Å². The van der Waals surface area contributed by atoms with Gasteiger partial charge in [-0.15, -0.1) is 11.3 Å². The van der Waals surface area contributed by atoms with E-state index >= 15 is 0 Å². The van der Waals surface area contributed by atoms with Crippen LogP contribution in [0.25, 0.3) is 0 Å². The minimum Gasteiger partial charge on any atom is -0.355 e. The van der Waals surface area contributed by atoms with E-state index in [4.69, 9.17) is 11.6 Å². The zero-order valence-electron chi connectivity index (χ0n) is 12.7. The second-order valence-corrected chi connectivity index (χ2v) is 8.60. The summed E-state index contributed by atoms with van der Waals surface area (Å²) < 4.78 is 27.6. The maximum atomic E-state index is 12.2. The molecule has 0 atom stereocenters. The zero-order valence-corrected chi connectivity index (χ0v) is 15.1. The van der Waals surface area contributed by atoms with Crippen molar-refractivity contribution in [2.75, 3.05) is 13.6 Å². The first-order chi connectivity index (χ1) is 10.8. The van der Waals surface area contributed by atoms with Gasteiger partial charge in [0.05, 0.1) is 4.34 Å². The van der Waals surface area contributed by atoms with Crippen LogP contribution >= 0.6 is 22.9 Å². The fourth-order valence-corrected chi connectivity index (χ4v) is 4.76. The monoisotopic (exact) mass is 372 g/mol. The van der Waals surface area contributed by atoms with E-state index < -0.39 is 10.0 Å². The molecule has 0 bridgehead atoms. The average Bonchev–Trinajstić information content (AvgIpc) is 2.87. The summed E-state index contributed by atoms with van der Waals surface area (Å²) in [5, 5.41) is 2.56. The number of carbonyl (C=O) groups excluding carboxylic acids is 1. The van der Waals surface area contributed by atoms with E-state index in [0.29, 0.717) is 16.3 Å². The van der Waals surface area contributed by atoms with E-state index in [2.05, 4.69) is 10.0 Å². The van der Waals surface area contributed by atoms with Crippen molar-refractivity contribution >= 4 is 38.9 Å². The van der Waals surface area contributed by atoms with E-state index in [1.54, 1.807) is 38.2 Å². The van der Waals surface area contributed by atoms with Crippen LogP contribution in [0.2, 0.25) is 4.34 Å². The van der Waals surface area contributed by atoms with E-state index in [1.807, 2.05) is 6.07 Å². The number of hydrogen-bond acceptors (Lipinski definition) is 4. The molecule has 0 saturated heterocycles. The summed E-state index contributed by atoms with van der Waals surface area (Å²) in [4.78, 5) is 11.6. The van der Waals surface area contributed by atoms with Crippen molar-refractivity contribution in [3.8, 4) is 0 Å². The summed E-state index contributed by atoms with van der Waals surface area (Å²) in [6.07, 6.45) is 0.488. The lowest BCUT2D eigenvalue weighted by atomic mass is 10.1. The van der Waals surface area contributed by atoms with Crippen LogP contribution in [0, 0.1) is 6.92 Å². The minimum atomic E-state index is -3.56. The van der Waals surface area contributed by atoms with Crippen LogP contribution in [0.5, 0.6) is 0 Å². The summed E-state index contributed by atoms with van der Waals surface area (Å²) in [5.74, 6) is -0.170. The largest absolute Gasteiger partial charge is 0.355 e. The number of hydrogen-bond donors (Lipinski definition) is 2. The molecule has 0 unspecified atom stereocenters. The predicted molar refractivity (Wildman–Crippen MR) is 92.8 cm³/mol. The van der Waals surface area contributed by atoms with Crippen molar-refractivity contribution in [1.82, 2.24) is 10.0 Å². The Morgan fingerprint density at radius 3 is 2.65 bits per heavy atom. The molecular weight excluding hydrogens is 356 g/mol. The zero-order chi connectivity index (χ0) is 17.0. The third-order valence-corrected chi connectivity index (χ3v) is 6.71. The Morgan fingerprint density at radius 2 is 2.04 bits per heavy atom. The maximum absolute atomic E-state index is 12.2. The number of thiophene rings is 1. The number of sulfonamides is 1. The first-order valence-corrected chi connectivity index (χ1v) is 9.58. The van der Waals surface area contributed by atoms with Gasteiger partial charge in [-0.1, -0.05) is 23.7 Å². The van der Waals surface area contributed by atoms with Gasteiger partial charge in [0.25, 0.3) is 5.91 Å². The fraction of sp³-hybridized carbons (Fsp3) is 0.267. The van der Waals surface area contributed by atoms with Gasteiger partial charge in [-0.05, 0) is 42.7 Å². The average molecular weight is 373 g/mol. The molecule has 0 spiro atoms. The molecule has 0 saturated carbocycles. The van der Waals surface area contributed by atoms with Gasteiger partial charge in [-0.3, -0.25) is 4.79 Å². The van der Waals surface area contributed by atoms with Crippen LogP contribution in [-0.4, -0.2) is 27.9 Å². The number of aryl methyl sites for hydroxylation is 1. The third-order valence-electron chi connectivity index (χ3n) is 3.22. The highest BCUT2D eigenvalue weighted by molar-refractivity contribution is 7.91. The Bertz CT molecular complexity index is 796. The molecule has 5 nitrogen and oxygen atoms in total. The van der Waals surface area contributed by atoms with Gasteiger partial charge >= 0.3 is 0 Å². The topological polar surface area (TPSA) is 75.3 Å². The van der Waals surface area contributed by atoms with Crippen LogP contribution in [0.1, 0.15) is 21.5 Å². The smallest absolute Gasteiger partial charge is 0.251 e. The van der Waals surface area contributed by atoms with Crippen LogP contribution < -0.4 is 10.0 Å². The molecule has 2 aromatic rings. The lowest BCUT2D eigenvalue weighted by Gasteiger charge is -2.06. The Hall–Kier alpha value is -1.41. The van der Waals surface area contributed by atoms with Crippen molar-refractivity contribution in [2.24, 2.45) is 0 Å². The Morgan fingerprint density at radius 1 is 1.30 bits per heavy atom. The van der Waals surface area contributed by atoms with E-state index in [-0.39, 0.29) is 16.7 Å². The molecule has 0 fully saturated rings. The molecule has 1 amide bonds. The van der Waals surface area contributed by atoms with Gasteiger partial charge in [-0.2, -0.15) is 0 Å². The van der Waals surface area contributed by atoms with Crippen LogP contribution in [0.15, 0.2) is 34.5 Å². The van der Waals surface area contributed by atoms with Gasteiger partial charge < -0.3 is 5.32 Å². The number of amides is 1. The van der Waals surface area contributed by atoms with Crippen molar-refractivity contribution in [1.29, 1.82) is 0 Å². The highest BCUT2D eigenvalue weighted by atomic mass is 35.5. The summed E-state index contributed by atoms with van der Waals surface area (Å²) in [7, 11) is -1.99. The Kier molecular flexibility index (Phi) is 5.80. The van der Waals surface area contributed by atoms with E-state index in [0.717, 1.165) is 22.5 Å². The fourth-order valence-electron chi connectivity index (χ4n) is 1.98. The first-order valence-electron chi connectivity index (χ1n) is 6.90. The second-order valence-electron chi connectivity index (χ2n) is 4.95. The van der Waals surface area contributed by atoms with Gasteiger partial charge in [0.1, 0.15) is 4.21 Å². The molecule has 0 aliphatic heterocycles. The molecule has 0 radical (unpaired) electrons. The van der Waals surface area contributed by atoms with Crippen LogP contribution in [0.4, 0.5) is 0 Å². The predicted octanol–water partition coefficient (Wildman–Crippen LogP) is 2.59. The molecule has 8 heteroatoms. The molecule has 1 aromatic carbocycles. The van der Waals surface area contributed by atoms with E-state index in [1.165, 1.54) is 0 Å². The lowest BCUT2D eigenvalue weighted by Crippen LogP contribution is -2.25. The van der Waals surface area contributed by atoms with Gasteiger partial charge in [-0.25, -0.2) is 13.1 Å². The summed E-state index contributed by atoms with van der Waals surface area (Å²) in [5.41, 5.74) is 2.18. The number of halogens is 1. The van der Waals surface area contributed by atoms with Crippen molar-refractivity contribution < 1.29 is 13.2 Å². The molecule has 0 aliphatic carbocycles.